The number of rotatable bonds is 3. The van der Waals surface area contributed by atoms with E-state index in [9.17, 15) is 9.59 Å². The number of ether oxygens (including phenoxy) is 2. The largest absolute Gasteiger partial charge is 0.496 e. The molecule has 0 saturated carbocycles. The third-order valence-corrected chi connectivity index (χ3v) is 4.11. The smallest absolute Gasteiger partial charge is 0.410 e. The van der Waals surface area contributed by atoms with E-state index in [0.717, 1.165) is 5.69 Å². The molecular formula is C17H24ClN3O4. The van der Waals surface area contributed by atoms with Crippen LogP contribution in [0.15, 0.2) is 12.1 Å². The molecule has 0 spiro atoms. The van der Waals surface area contributed by atoms with Crippen molar-refractivity contribution in [3.05, 3.63) is 22.7 Å². The van der Waals surface area contributed by atoms with Crippen molar-refractivity contribution in [2.45, 2.75) is 26.4 Å². The summed E-state index contributed by atoms with van der Waals surface area (Å²) in [5.74, 6) is -0.221. The molecule has 2 amide bonds. The number of anilines is 1. The number of hydrogen-bond acceptors (Lipinski definition) is 5. The Morgan fingerprint density at radius 2 is 1.76 bits per heavy atom. The first kappa shape index (κ1) is 19.2. The van der Waals surface area contributed by atoms with E-state index in [-0.39, 0.29) is 11.7 Å². The Hall–Kier alpha value is -2.15. The van der Waals surface area contributed by atoms with E-state index in [4.69, 9.17) is 26.8 Å². The van der Waals surface area contributed by atoms with E-state index >= 15 is 0 Å². The minimum Gasteiger partial charge on any atom is -0.496 e. The van der Waals surface area contributed by atoms with E-state index in [0.29, 0.717) is 37.0 Å². The highest BCUT2D eigenvalue weighted by atomic mass is 35.5. The van der Waals surface area contributed by atoms with Crippen LogP contribution >= 0.6 is 11.6 Å². The molecule has 2 rings (SSSR count). The van der Waals surface area contributed by atoms with Crippen molar-refractivity contribution >= 4 is 29.3 Å². The number of primary amides is 1. The van der Waals surface area contributed by atoms with E-state index in [1.54, 1.807) is 11.0 Å². The highest BCUT2D eigenvalue weighted by Crippen LogP contribution is 2.34. The van der Waals surface area contributed by atoms with Crippen molar-refractivity contribution in [3.8, 4) is 5.75 Å². The van der Waals surface area contributed by atoms with Crippen LogP contribution in [0.1, 0.15) is 31.1 Å². The van der Waals surface area contributed by atoms with Crippen LogP contribution in [0.3, 0.4) is 0 Å². The average Bonchev–Trinajstić information content (AvgIpc) is 2.53. The predicted octanol–water partition coefficient (Wildman–Crippen LogP) is 2.50. The fourth-order valence-corrected chi connectivity index (χ4v) is 2.89. The molecule has 1 aromatic rings. The SMILES string of the molecule is COc1cc(N2CCN(C(=O)OC(C)(C)C)CC2)c(Cl)cc1C(N)=O. The van der Waals surface area contributed by atoms with Crippen molar-refractivity contribution in [2.75, 3.05) is 38.2 Å². The molecule has 0 aliphatic carbocycles. The minimum absolute atomic E-state index is 0.239. The molecule has 0 bridgehead atoms. The fourth-order valence-electron chi connectivity index (χ4n) is 2.60. The van der Waals surface area contributed by atoms with Crippen LogP contribution in [0.25, 0.3) is 0 Å². The Kier molecular flexibility index (Phi) is 5.67. The van der Waals surface area contributed by atoms with Crippen LogP contribution in [0.2, 0.25) is 5.02 Å². The lowest BCUT2D eigenvalue weighted by atomic mass is 10.1. The maximum absolute atomic E-state index is 12.1. The van der Waals surface area contributed by atoms with Gasteiger partial charge < -0.3 is 25.0 Å². The third kappa shape index (κ3) is 4.69. The molecule has 8 heteroatoms. The first-order chi connectivity index (χ1) is 11.6. The number of piperazine rings is 1. The molecule has 1 heterocycles. The molecule has 0 radical (unpaired) electrons. The fraction of sp³-hybridized carbons (Fsp3) is 0.529. The summed E-state index contributed by atoms with van der Waals surface area (Å²) >= 11 is 6.31. The van der Waals surface area contributed by atoms with Crippen LogP contribution in [0, 0.1) is 0 Å². The molecule has 1 aliphatic heterocycles. The predicted molar refractivity (Wildman–Crippen MR) is 96.5 cm³/mol. The molecule has 1 aliphatic rings. The van der Waals surface area contributed by atoms with Crippen molar-refractivity contribution in [2.24, 2.45) is 5.73 Å². The van der Waals surface area contributed by atoms with Crippen LogP contribution in [-0.4, -0.2) is 55.8 Å². The van der Waals surface area contributed by atoms with Gasteiger partial charge in [0.25, 0.3) is 5.91 Å². The van der Waals surface area contributed by atoms with Gasteiger partial charge in [0.05, 0.1) is 23.4 Å². The zero-order valence-electron chi connectivity index (χ0n) is 15.0. The normalized spacial score (nSPS) is 15.1. The van der Waals surface area contributed by atoms with Gasteiger partial charge in [-0.2, -0.15) is 0 Å². The Bertz CT molecular complexity index is 665. The van der Waals surface area contributed by atoms with Gasteiger partial charge in [0.2, 0.25) is 0 Å². The molecule has 0 unspecified atom stereocenters. The zero-order chi connectivity index (χ0) is 18.8. The second-order valence-electron chi connectivity index (χ2n) is 6.82. The van der Waals surface area contributed by atoms with Crippen molar-refractivity contribution in [1.82, 2.24) is 4.90 Å². The Morgan fingerprint density at radius 1 is 1.16 bits per heavy atom. The summed E-state index contributed by atoms with van der Waals surface area (Å²) in [4.78, 5) is 27.3. The summed E-state index contributed by atoms with van der Waals surface area (Å²) in [5, 5.41) is 0.417. The number of halogens is 1. The monoisotopic (exact) mass is 369 g/mol. The Morgan fingerprint density at radius 3 is 2.24 bits per heavy atom. The van der Waals surface area contributed by atoms with E-state index in [1.807, 2.05) is 25.7 Å². The number of benzene rings is 1. The number of hydrogen-bond donors (Lipinski definition) is 1. The second-order valence-corrected chi connectivity index (χ2v) is 7.23. The molecule has 138 valence electrons. The molecule has 2 N–H and O–H groups in total. The van der Waals surface area contributed by atoms with Crippen LogP contribution in [0.5, 0.6) is 5.75 Å². The maximum Gasteiger partial charge on any atom is 0.410 e. The van der Waals surface area contributed by atoms with E-state index in [1.165, 1.54) is 13.2 Å². The zero-order valence-corrected chi connectivity index (χ0v) is 15.7. The van der Waals surface area contributed by atoms with Crippen molar-refractivity contribution < 1.29 is 19.1 Å². The quantitative estimate of drug-likeness (QED) is 0.884. The van der Waals surface area contributed by atoms with Crippen molar-refractivity contribution in [1.29, 1.82) is 0 Å². The summed E-state index contributed by atoms with van der Waals surface area (Å²) in [6.45, 7) is 7.75. The molecule has 25 heavy (non-hydrogen) atoms. The summed E-state index contributed by atoms with van der Waals surface area (Å²) < 4.78 is 10.6. The van der Waals surface area contributed by atoms with Crippen LogP contribution in [-0.2, 0) is 4.74 Å². The first-order valence-electron chi connectivity index (χ1n) is 8.02. The van der Waals surface area contributed by atoms with Crippen LogP contribution in [0.4, 0.5) is 10.5 Å². The van der Waals surface area contributed by atoms with Crippen LogP contribution < -0.4 is 15.4 Å². The van der Waals surface area contributed by atoms with Gasteiger partial charge in [0, 0.05) is 32.2 Å². The van der Waals surface area contributed by atoms with Gasteiger partial charge in [-0.05, 0) is 26.8 Å². The van der Waals surface area contributed by atoms with Gasteiger partial charge in [-0.25, -0.2) is 4.79 Å². The van der Waals surface area contributed by atoms with Gasteiger partial charge in [0.15, 0.2) is 0 Å². The number of amides is 2. The highest BCUT2D eigenvalue weighted by Gasteiger charge is 2.27. The molecule has 0 aromatic heterocycles. The summed E-state index contributed by atoms with van der Waals surface area (Å²) in [6, 6.07) is 3.21. The van der Waals surface area contributed by atoms with E-state index < -0.39 is 11.5 Å². The molecule has 7 nitrogen and oxygen atoms in total. The number of methoxy groups -OCH3 is 1. The molecule has 1 aromatic carbocycles. The lowest BCUT2D eigenvalue weighted by Crippen LogP contribution is -2.50. The number of carbonyl (C=O) groups excluding carboxylic acids is 2. The summed E-state index contributed by atoms with van der Waals surface area (Å²) in [6.07, 6.45) is -0.320. The van der Waals surface area contributed by atoms with Gasteiger partial charge >= 0.3 is 6.09 Å². The molecular weight excluding hydrogens is 346 g/mol. The van der Waals surface area contributed by atoms with Gasteiger partial charge in [-0.15, -0.1) is 0 Å². The number of nitrogens with two attached hydrogens (primary N) is 1. The Labute approximate surface area is 152 Å². The van der Waals surface area contributed by atoms with Crippen molar-refractivity contribution in [3.63, 3.8) is 0 Å². The van der Waals surface area contributed by atoms with E-state index in [2.05, 4.69) is 0 Å². The van der Waals surface area contributed by atoms with Gasteiger partial charge in [-0.3, -0.25) is 4.79 Å². The van der Waals surface area contributed by atoms with Gasteiger partial charge in [-0.1, -0.05) is 11.6 Å². The topological polar surface area (TPSA) is 85.1 Å². The first-order valence-corrected chi connectivity index (χ1v) is 8.40. The summed E-state index contributed by atoms with van der Waals surface area (Å²) in [5.41, 5.74) is 5.80. The molecule has 1 saturated heterocycles. The highest BCUT2D eigenvalue weighted by molar-refractivity contribution is 6.33. The standard InChI is InChI=1S/C17H24ClN3O4/c1-17(2,3)25-16(23)21-7-5-20(6-8-21)13-10-14(24-4)11(15(19)22)9-12(13)18/h9-10H,5-8H2,1-4H3,(H2,19,22). The number of carbonyl (C=O) groups is 2. The minimum atomic E-state index is -0.597. The Balaban J connectivity index is 2.10. The summed E-state index contributed by atoms with van der Waals surface area (Å²) in [7, 11) is 1.47. The lowest BCUT2D eigenvalue weighted by Gasteiger charge is -2.37. The number of nitrogens with zero attached hydrogens (tertiary/aromatic N) is 2. The third-order valence-electron chi connectivity index (χ3n) is 3.81. The lowest BCUT2D eigenvalue weighted by molar-refractivity contribution is 0.0240. The maximum atomic E-state index is 12.1. The average molecular weight is 370 g/mol. The molecule has 1 fully saturated rings. The van der Waals surface area contributed by atoms with Gasteiger partial charge in [0.1, 0.15) is 11.4 Å². The molecule has 0 atom stereocenters. The second kappa shape index (κ2) is 7.39.